The number of aromatic nitrogens is 2. The molecule has 2 aromatic heterocycles. The first-order valence-electron chi connectivity index (χ1n) is 7.72. The third-order valence-corrected chi connectivity index (χ3v) is 5.23. The number of aryl methyl sites for hydroxylation is 2. The SMILES string of the molecule is CC[C@H](C(=O)O)n1cnc2scc(-c3ccc(C)c(C)c3)c2c1=O. The Balaban J connectivity index is 2.26. The molecule has 0 amide bonds. The monoisotopic (exact) mass is 342 g/mol. The molecule has 0 aliphatic heterocycles. The van der Waals surface area contributed by atoms with Crippen LogP contribution in [0.2, 0.25) is 0 Å². The zero-order valence-electron chi connectivity index (χ0n) is 13.7. The maximum atomic E-state index is 12.9. The summed E-state index contributed by atoms with van der Waals surface area (Å²) in [5, 5.41) is 11.7. The van der Waals surface area contributed by atoms with E-state index < -0.39 is 12.0 Å². The van der Waals surface area contributed by atoms with Crippen LogP contribution in [0.3, 0.4) is 0 Å². The van der Waals surface area contributed by atoms with E-state index in [0.717, 1.165) is 16.7 Å². The minimum Gasteiger partial charge on any atom is -0.480 e. The normalized spacial score (nSPS) is 12.5. The summed E-state index contributed by atoms with van der Waals surface area (Å²) in [5.41, 5.74) is 3.79. The van der Waals surface area contributed by atoms with Crippen LogP contribution in [0.4, 0.5) is 0 Å². The molecule has 124 valence electrons. The van der Waals surface area contributed by atoms with Crippen molar-refractivity contribution < 1.29 is 9.90 Å². The first-order valence-corrected chi connectivity index (χ1v) is 8.60. The van der Waals surface area contributed by atoms with Crippen LogP contribution in [0.1, 0.15) is 30.5 Å². The van der Waals surface area contributed by atoms with E-state index in [2.05, 4.69) is 4.98 Å². The number of hydrogen-bond acceptors (Lipinski definition) is 4. The van der Waals surface area contributed by atoms with Gasteiger partial charge in [-0.1, -0.05) is 25.1 Å². The Morgan fingerprint density at radius 2 is 2.08 bits per heavy atom. The summed E-state index contributed by atoms with van der Waals surface area (Å²) in [6, 6.07) is 5.15. The van der Waals surface area contributed by atoms with Gasteiger partial charge in [0, 0.05) is 10.9 Å². The molecule has 0 bridgehead atoms. The first-order chi connectivity index (χ1) is 11.4. The van der Waals surface area contributed by atoms with Gasteiger partial charge in [0.05, 0.1) is 11.7 Å². The third-order valence-electron chi connectivity index (χ3n) is 4.34. The molecule has 2 heterocycles. The summed E-state index contributed by atoms with van der Waals surface area (Å²) in [4.78, 5) is 29.2. The molecule has 0 aliphatic rings. The van der Waals surface area contributed by atoms with Crippen molar-refractivity contribution in [3.8, 4) is 11.1 Å². The maximum absolute atomic E-state index is 12.9. The van der Waals surface area contributed by atoms with Crippen LogP contribution < -0.4 is 5.56 Å². The van der Waals surface area contributed by atoms with Crippen LogP contribution in [0, 0.1) is 13.8 Å². The molecular formula is C18H18N2O3S. The van der Waals surface area contributed by atoms with Gasteiger partial charge in [0.25, 0.3) is 5.56 Å². The van der Waals surface area contributed by atoms with Crippen LogP contribution in [-0.4, -0.2) is 20.6 Å². The number of fused-ring (bicyclic) bond motifs is 1. The molecular weight excluding hydrogens is 324 g/mol. The Morgan fingerprint density at radius 1 is 1.33 bits per heavy atom. The fourth-order valence-electron chi connectivity index (χ4n) is 2.78. The van der Waals surface area contributed by atoms with Crippen molar-refractivity contribution in [2.24, 2.45) is 0 Å². The number of thiophene rings is 1. The molecule has 0 radical (unpaired) electrons. The topological polar surface area (TPSA) is 72.2 Å². The number of carbonyl (C=O) groups is 1. The van der Waals surface area contributed by atoms with Crippen LogP contribution in [0.15, 0.2) is 34.7 Å². The quantitative estimate of drug-likeness (QED) is 0.783. The number of benzene rings is 1. The Kier molecular flexibility index (Phi) is 4.24. The zero-order valence-corrected chi connectivity index (χ0v) is 14.6. The Hall–Kier alpha value is -2.47. The van der Waals surface area contributed by atoms with Crippen molar-refractivity contribution in [1.82, 2.24) is 9.55 Å². The van der Waals surface area contributed by atoms with Crippen LogP contribution in [0.5, 0.6) is 0 Å². The second kappa shape index (κ2) is 6.20. The molecule has 0 unspecified atom stereocenters. The molecule has 0 saturated heterocycles. The van der Waals surface area contributed by atoms with Gasteiger partial charge in [0.15, 0.2) is 0 Å². The van der Waals surface area contributed by atoms with Gasteiger partial charge in [-0.3, -0.25) is 9.36 Å². The summed E-state index contributed by atoms with van der Waals surface area (Å²) in [5.74, 6) is -1.02. The van der Waals surface area contributed by atoms with Crippen LogP contribution in [-0.2, 0) is 4.79 Å². The predicted molar refractivity (Wildman–Crippen MR) is 95.8 cm³/mol. The average Bonchev–Trinajstić information content (AvgIpc) is 2.97. The first kappa shape index (κ1) is 16.4. The van der Waals surface area contributed by atoms with Gasteiger partial charge in [-0.25, -0.2) is 9.78 Å². The molecule has 0 fully saturated rings. The van der Waals surface area contributed by atoms with E-state index >= 15 is 0 Å². The number of nitrogens with zero attached hydrogens (tertiary/aromatic N) is 2. The highest BCUT2D eigenvalue weighted by atomic mass is 32.1. The molecule has 3 rings (SSSR count). The summed E-state index contributed by atoms with van der Waals surface area (Å²) < 4.78 is 1.22. The highest BCUT2D eigenvalue weighted by molar-refractivity contribution is 7.17. The van der Waals surface area contributed by atoms with Gasteiger partial charge in [0.2, 0.25) is 0 Å². The summed E-state index contributed by atoms with van der Waals surface area (Å²) in [6.07, 6.45) is 1.67. The minimum atomic E-state index is -1.02. The highest BCUT2D eigenvalue weighted by Crippen LogP contribution is 2.32. The standard InChI is InChI=1S/C18H18N2O3S/c1-4-14(18(22)23)20-9-19-16-15(17(20)21)13(8-24-16)12-6-5-10(2)11(3)7-12/h5-9,14H,4H2,1-3H3,(H,22,23)/t14-/m1/s1. The number of carboxylic acids is 1. The number of hydrogen-bond donors (Lipinski definition) is 1. The summed E-state index contributed by atoms with van der Waals surface area (Å²) in [7, 11) is 0. The van der Waals surface area contributed by atoms with Crippen molar-refractivity contribution in [3.63, 3.8) is 0 Å². The zero-order chi connectivity index (χ0) is 17.4. The van der Waals surface area contributed by atoms with Gasteiger partial charge in [-0.2, -0.15) is 0 Å². The van der Waals surface area contributed by atoms with E-state index in [0.29, 0.717) is 16.6 Å². The van der Waals surface area contributed by atoms with Crippen LogP contribution >= 0.6 is 11.3 Å². The van der Waals surface area contributed by atoms with E-state index in [1.54, 1.807) is 6.92 Å². The van der Waals surface area contributed by atoms with E-state index in [4.69, 9.17) is 0 Å². The molecule has 1 N–H and O–H groups in total. The van der Waals surface area contributed by atoms with Gasteiger partial charge in [-0.15, -0.1) is 11.3 Å². The molecule has 0 spiro atoms. The minimum absolute atomic E-state index is 0.302. The van der Waals surface area contributed by atoms with Crippen molar-refractivity contribution in [2.45, 2.75) is 33.2 Å². The van der Waals surface area contributed by atoms with Gasteiger partial charge in [-0.05, 0) is 37.0 Å². The van der Waals surface area contributed by atoms with E-state index in [9.17, 15) is 14.7 Å². The summed E-state index contributed by atoms with van der Waals surface area (Å²) in [6.45, 7) is 5.81. The second-order valence-corrected chi connectivity index (χ2v) is 6.71. The lowest BCUT2D eigenvalue weighted by molar-refractivity contribution is -0.141. The van der Waals surface area contributed by atoms with Crippen molar-refractivity contribution in [1.29, 1.82) is 0 Å². The maximum Gasteiger partial charge on any atom is 0.326 e. The number of rotatable bonds is 4. The lowest BCUT2D eigenvalue weighted by Gasteiger charge is -2.13. The van der Waals surface area contributed by atoms with E-state index in [1.165, 1.54) is 27.8 Å². The largest absolute Gasteiger partial charge is 0.480 e. The number of aliphatic carboxylic acids is 1. The molecule has 6 heteroatoms. The lowest BCUT2D eigenvalue weighted by atomic mass is 10.0. The van der Waals surface area contributed by atoms with Gasteiger partial charge in [0.1, 0.15) is 10.9 Å². The highest BCUT2D eigenvalue weighted by Gasteiger charge is 2.21. The predicted octanol–water partition coefficient (Wildman–Crippen LogP) is 3.78. The molecule has 3 aromatic rings. The Morgan fingerprint density at radius 3 is 2.71 bits per heavy atom. The van der Waals surface area contributed by atoms with E-state index in [1.807, 2.05) is 37.4 Å². The van der Waals surface area contributed by atoms with Crippen LogP contribution in [0.25, 0.3) is 21.3 Å². The molecule has 24 heavy (non-hydrogen) atoms. The van der Waals surface area contributed by atoms with Crippen molar-refractivity contribution in [2.75, 3.05) is 0 Å². The smallest absolute Gasteiger partial charge is 0.326 e. The molecule has 1 aromatic carbocycles. The average molecular weight is 342 g/mol. The summed E-state index contributed by atoms with van der Waals surface area (Å²) >= 11 is 1.40. The van der Waals surface area contributed by atoms with Gasteiger partial charge >= 0.3 is 5.97 Å². The van der Waals surface area contributed by atoms with Crippen molar-refractivity contribution in [3.05, 3.63) is 51.4 Å². The molecule has 1 atom stereocenters. The lowest BCUT2D eigenvalue weighted by Crippen LogP contribution is -2.29. The van der Waals surface area contributed by atoms with Gasteiger partial charge < -0.3 is 5.11 Å². The fourth-order valence-corrected chi connectivity index (χ4v) is 3.69. The molecule has 0 aliphatic carbocycles. The second-order valence-electron chi connectivity index (χ2n) is 5.85. The third kappa shape index (κ3) is 2.63. The van der Waals surface area contributed by atoms with E-state index in [-0.39, 0.29) is 5.56 Å². The fraction of sp³-hybridized carbons (Fsp3) is 0.278. The Labute approximate surface area is 143 Å². The molecule has 5 nitrogen and oxygen atoms in total. The van der Waals surface area contributed by atoms with Crippen molar-refractivity contribution >= 4 is 27.5 Å². The number of carboxylic acid groups (broad SMARTS) is 1. The molecule has 0 saturated carbocycles. The Bertz CT molecular complexity index is 988.